The van der Waals surface area contributed by atoms with E-state index in [1.54, 1.807) is 20.8 Å². The minimum absolute atomic E-state index is 0.0636. The van der Waals surface area contributed by atoms with Crippen LogP contribution in [0.5, 0.6) is 0 Å². The molecule has 0 saturated heterocycles. The molecular formula is C33H30F6N6O4. The number of nitrogens with zero attached hydrogens (tertiary/aromatic N) is 4. The van der Waals surface area contributed by atoms with Crippen LogP contribution < -0.4 is 11.1 Å². The van der Waals surface area contributed by atoms with Crippen LogP contribution in [0.15, 0.2) is 54.7 Å². The molecule has 1 atom stereocenters. The van der Waals surface area contributed by atoms with Crippen molar-refractivity contribution in [2.45, 2.75) is 64.6 Å². The van der Waals surface area contributed by atoms with Gasteiger partial charge in [-0.15, -0.1) is 0 Å². The number of alkyl halides is 3. The van der Waals surface area contributed by atoms with Crippen LogP contribution in [0.2, 0.25) is 0 Å². The van der Waals surface area contributed by atoms with E-state index in [0.717, 1.165) is 23.1 Å². The Morgan fingerprint density at radius 2 is 1.69 bits per heavy atom. The second-order valence-corrected chi connectivity index (χ2v) is 12.4. The number of pyridine rings is 1. The Morgan fingerprint density at radius 1 is 1.00 bits per heavy atom. The fourth-order valence-electron chi connectivity index (χ4n) is 5.53. The summed E-state index contributed by atoms with van der Waals surface area (Å²) in [5.74, 6) is -4.72. The van der Waals surface area contributed by atoms with Gasteiger partial charge in [-0.1, -0.05) is 12.1 Å². The Hall–Kier alpha value is -5.41. The molecule has 4 aromatic rings. The number of rotatable bonds is 8. The van der Waals surface area contributed by atoms with Crippen molar-refractivity contribution < 1.29 is 45.5 Å². The number of carbonyl (C=O) groups is 3. The standard InChI is InChI=1S/C33H30F6N6O4/c1-32(2,3)49-31(48)44-14-23-26(15-44)43-45(29(23)33(37,38)39)16-27(46)42-25(11-17-9-19(34)13-20(35)10-17)28-21(5-4-8-41-28)18-6-7-24(36)22(12-18)30(40)47/h4-10,12-13,25H,11,14-16H2,1-3H3,(H2,40,47)(H,42,46)/t25-/m0/s1. The summed E-state index contributed by atoms with van der Waals surface area (Å²) < 4.78 is 91.5. The average Bonchev–Trinajstić information content (AvgIpc) is 3.53. The zero-order valence-corrected chi connectivity index (χ0v) is 26.4. The van der Waals surface area contributed by atoms with Crippen molar-refractivity contribution in [3.05, 3.63) is 106 Å². The number of halogens is 6. The highest BCUT2D eigenvalue weighted by atomic mass is 19.4. The van der Waals surface area contributed by atoms with Crippen LogP contribution in [0.3, 0.4) is 0 Å². The van der Waals surface area contributed by atoms with Crippen LogP contribution in [0, 0.1) is 17.5 Å². The lowest BCUT2D eigenvalue weighted by molar-refractivity contribution is -0.145. The molecule has 258 valence electrons. The molecule has 1 aliphatic heterocycles. The molecule has 0 spiro atoms. The minimum Gasteiger partial charge on any atom is -0.444 e. The van der Waals surface area contributed by atoms with Gasteiger partial charge in [0.2, 0.25) is 5.91 Å². The van der Waals surface area contributed by atoms with E-state index in [4.69, 9.17) is 10.5 Å². The Bertz CT molecular complexity index is 1920. The molecule has 0 radical (unpaired) electrons. The van der Waals surface area contributed by atoms with Crippen LogP contribution >= 0.6 is 0 Å². The number of primary amides is 1. The van der Waals surface area contributed by atoms with Gasteiger partial charge in [0, 0.05) is 23.4 Å². The molecule has 2 aromatic heterocycles. The van der Waals surface area contributed by atoms with Gasteiger partial charge in [0.25, 0.3) is 5.91 Å². The van der Waals surface area contributed by atoms with Crippen molar-refractivity contribution in [2.24, 2.45) is 5.73 Å². The van der Waals surface area contributed by atoms with Crippen LogP contribution in [0.25, 0.3) is 11.1 Å². The number of benzene rings is 2. The van der Waals surface area contributed by atoms with Crippen molar-refractivity contribution in [1.82, 2.24) is 25.0 Å². The van der Waals surface area contributed by atoms with E-state index in [2.05, 4.69) is 15.4 Å². The third-order valence-corrected chi connectivity index (χ3v) is 7.45. The summed E-state index contributed by atoms with van der Waals surface area (Å²) in [4.78, 5) is 43.2. The monoisotopic (exact) mass is 688 g/mol. The number of amides is 3. The van der Waals surface area contributed by atoms with Gasteiger partial charge in [-0.2, -0.15) is 18.3 Å². The first-order chi connectivity index (χ1) is 22.9. The summed E-state index contributed by atoms with van der Waals surface area (Å²) >= 11 is 0. The van der Waals surface area contributed by atoms with Crippen molar-refractivity contribution >= 4 is 17.9 Å². The first-order valence-electron chi connectivity index (χ1n) is 14.8. The summed E-state index contributed by atoms with van der Waals surface area (Å²) in [5, 5.41) is 6.60. The molecule has 3 N–H and O–H groups in total. The zero-order valence-electron chi connectivity index (χ0n) is 26.4. The molecule has 0 saturated carbocycles. The van der Waals surface area contributed by atoms with Gasteiger partial charge in [-0.3, -0.25) is 24.2 Å². The van der Waals surface area contributed by atoms with Crippen LogP contribution in [0.4, 0.5) is 31.1 Å². The Balaban J connectivity index is 1.48. The van der Waals surface area contributed by atoms with E-state index in [0.29, 0.717) is 10.7 Å². The number of ether oxygens (including phenoxy) is 1. The molecule has 5 rings (SSSR count). The normalized spacial score (nSPS) is 13.6. The molecule has 0 fully saturated rings. The third kappa shape index (κ3) is 8.01. The van der Waals surface area contributed by atoms with E-state index in [-0.39, 0.29) is 46.6 Å². The predicted octanol–water partition coefficient (Wildman–Crippen LogP) is 5.83. The van der Waals surface area contributed by atoms with E-state index < -0.39 is 77.5 Å². The number of hydrogen-bond acceptors (Lipinski definition) is 6. The first kappa shape index (κ1) is 34.9. The number of fused-ring (bicyclic) bond motifs is 1. The van der Waals surface area contributed by atoms with Gasteiger partial charge in [-0.25, -0.2) is 18.0 Å². The summed E-state index contributed by atoms with van der Waals surface area (Å²) in [7, 11) is 0. The number of nitrogens with two attached hydrogens (primary N) is 1. The molecule has 1 aliphatic rings. The summed E-state index contributed by atoms with van der Waals surface area (Å²) in [6, 6.07) is 8.01. The molecule has 0 unspecified atom stereocenters. The largest absolute Gasteiger partial charge is 0.444 e. The van der Waals surface area contributed by atoms with E-state index in [1.165, 1.54) is 30.5 Å². The molecule has 10 nitrogen and oxygen atoms in total. The highest BCUT2D eigenvalue weighted by molar-refractivity contribution is 5.94. The van der Waals surface area contributed by atoms with Crippen molar-refractivity contribution in [2.75, 3.05) is 0 Å². The van der Waals surface area contributed by atoms with E-state index >= 15 is 0 Å². The number of carbonyl (C=O) groups excluding carboxylic acids is 3. The maximum Gasteiger partial charge on any atom is 0.433 e. The Labute approximate surface area is 275 Å². The smallest absolute Gasteiger partial charge is 0.433 e. The molecule has 0 aliphatic carbocycles. The topological polar surface area (TPSA) is 132 Å². The van der Waals surface area contributed by atoms with Gasteiger partial charge in [0.1, 0.15) is 35.3 Å². The van der Waals surface area contributed by atoms with Crippen LogP contribution in [-0.4, -0.2) is 43.2 Å². The minimum atomic E-state index is -4.96. The summed E-state index contributed by atoms with van der Waals surface area (Å²) in [6.45, 7) is 3.19. The van der Waals surface area contributed by atoms with Crippen LogP contribution in [-0.2, 0) is 41.8 Å². The van der Waals surface area contributed by atoms with Gasteiger partial charge in [0.15, 0.2) is 0 Å². The molecule has 49 heavy (non-hydrogen) atoms. The lowest BCUT2D eigenvalue weighted by Crippen LogP contribution is -2.36. The SMILES string of the molecule is CC(C)(C)OC(=O)N1Cc2nn(CC(=O)N[C@@H](Cc3cc(F)cc(F)c3)c3ncccc3-c3ccc(F)c(C(N)=O)c3)c(C(F)(F)F)c2C1. The fraction of sp³-hybridized carbons (Fsp3) is 0.303. The maximum atomic E-state index is 14.4. The molecule has 3 heterocycles. The fourth-order valence-corrected chi connectivity index (χ4v) is 5.53. The Morgan fingerprint density at radius 3 is 2.33 bits per heavy atom. The average molecular weight is 689 g/mol. The second-order valence-electron chi connectivity index (χ2n) is 12.4. The molecule has 16 heteroatoms. The first-order valence-corrected chi connectivity index (χ1v) is 14.8. The van der Waals surface area contributed by atoms with E-state index in [1.807, 2.05) is 0 Å². The lowest BCUT2D eigenvalue weighted by atomic mass is 9.94. The quantitative estimate of drug-likeness (QED) is 0.224. The van der Waals surface area contributed by atoms with Gasteiger partial charge < -0.3 is 15.8 Å². The zero-order chi connectivity index (χ0) is 35.8. The summed E-state index contributed by atoms with van der Waals surface area (Å²) in [5.41, 5.74) is 3.10. The van der Waals surface area contributed by atoms with Crippen molar-refractivity contribution in [3.8, 4) is 11.1 Å². The van der Waals surface area contributed by atoms with Gasteiger partial charge >= 0.3 is 12.3 Å². The van der Waals surface area contributed by atoms with Crippen molar-refractivity contribution in [3.63, 3.8) is 0 Å². The van der Waals surface area contributed by atoms with Gasteiger partial charge in [-0.05, 0) is 68.7 Å². The number of aromatic nitrogens is 3. The number of hydrogen-bond donors (Lipinski definition) is 2. The van der Waals surface area contributed by atoms with Crippen LogP contribution in [0.1, 0.15) is 65.4 Å². The third-order valence-electron chi connectivity index (χ3n) is 7.45. The molecule has 2 aromatic carbocycles. The van der Waals surface area contributed by atoms with E-state index in [9.17, 15) is 40.7 Å². The predicted molar refractivity (Wildman–Crippen MR) is 162 cm³/mol. The number of nitrogens with one attached hydrogen (secondary N) is 1. The lowest BCUT2D eigenvalue weighted by Gasteiger charge is -2.24. The molecular weight excluding hydrogens is 658 g/mol. The van der Waals surface area contributed by atoms with Gasteiger partial charge in [0.05, 0.1) is 36.1 Å². The Kier molecular flexibility index (Phi) is 9.43. The molecule has 3 amide bonds. The highest BCUT2D eigenvalue weighted by Gasteiger charge is 2.44. The second kappa shape index (κ2) is 13.2. The molecule has 0 bridgehead atoms. The maximum absolute atomic E-state index is 14.4. The highest BCUT2D eigenvalue weighted by Crippen LogP contribution is 2.38. The summed E-state index contributed by atoms with van der Waals surface area (Å²) in [6.07, 6.45) is -4.72. The van der Waals surface area contributed by atoms with Crippen molar-refractivity contribution in [1.29, 1.82) is 0 Å².